The molecule has 0 aliphatic carbocycles. The van der Waals surface area contributed by atoms with Gasteiger partial charge in [-0.3, -0.25) is 0 Å². The highest BCUT2D eigenvalue weighted by Gasteiger charge is 2.25. The van der Waals surface area contributed by atoms with Crippen LogP contribution in [0.5, 0.6) is 0 Å². The second-order valence-electron chi connectivity index (χ2n) is 4.32. The number of aromatic carboxylic acids is 1. The zero-order chi connectivity index (χ0) is 12.6. The molecule has 0 spiro atoms. The van der Waals surface area contributed by atoms with Gasteiger partial charge in [0.15, 0.2) is 0 Å². The molecule has 90 valence electrons. The first-order chi connectivity index (χ1) is 7.12. The highest BCUT2D eigenvalue weighted by molar-refractivity contribution is 7.89. The van der Waals surface area contributed by atoms with Crippen molar-refractivity contribution >= 4 is 16.0 Å². The predicted molar refractivity (Wildman–Crippen MR) is 55.7 cm³/mol. The molecule has 1 aromatic rings. The third kappa shape index (κ3) is 3.07. The van der Waals surface area contributed by atoms with Crippen LogP contribution in [-0.4, -0.2) is 25.0 Å². The quantitative estimate of drug-likeness (QED) is 0.832. The third-order valence-electron chi connectivity index (χ3n) is 1.53. The van der Waals surface area contributed by atoms with Gasteiger partial charge in [0, 0.05) is 11.6 Å². The number of furan rings is 1. The van der Waals surface area contributed by atoms with Crippen LogP contribution in [0.3, 0.4) is 0 Å². The van der Waals surface area contributed by atoms with Crippen molar-refractivity contribution in [3.63, 3.8) is 0 Å². The molecule has 7 heteroatoms. The van der Waals surface area contributed by atoms with Crippen molar-refractivity contribution in [2.45, 2.75) is 31.4 Å². The highest BCUT2D eigenvalue weighted by Crippen LogP contribution is 2.16. The lowest BCUT2D eigenvalue weighted by Gasteiger charge is -2.18. The Morgan fingerprint density at radius 3 is 2.38 bits per heavy atom. The molecule has 0 saturated carbocycles. The summed E-state index contributed by atoms with van der Waals surface area (Å²) in [7, 11) is -3.81. The molecule has 0 atom stereocenters. The van der Waals surface area contributed by atoms with Crippen LogP contribution in [0, 0.1) is 0 Å². The standard InChI is InChI=1S/C9H13NO5S/c1-9(2,3)10-16(13,14)7-4-6(5-15-7)8(11)12/h4-5,10H,1-3H3,(H,11,12). The highest BCUT2D eigenvalue weighted by atomic mass is 32.2. The molecule has 0 aliphatic heterocycles. The van der Waals surface area contributed by atoms with Crippen molar-refractivity contribution in [3.8, 4) is 0 Å². The summed E-state index contributed by atoms with van der Waals surface area (Å²) in [5, 5.41) is 8.22. The van der Waals surface area contributed by atoms with E-state index >= 15 is 0 Å². The van der Waals surface area contributed by atoms with Crippen molar-refractivity contribution < 1.29 is 22.7 Å². The van der Waals surface area contributed by atoms with E-state index in [1.54, 1.807) is 20.8 Å². The summed E-state index contributed by atoms with van der Waals surface area (Å²) in [6.07, 6.45) is 0.888. The van der Waals surface area contributed by atoms with Crippen molar-refractivity contribution in [1.29, 1.82) is 0 Å². The molecule has 16 heavy (non-hydrogen) atoms. The maximum atomic E-state index is 11.7. The molecule has 0 bridgehead atoms. The topological polar surface area (TPSA) is 96.6 Å². The second kappa shape index (κ2) is 3.91. The average Bonchev–Trinajstić information content (AvgIpc) is 2.46. The van der Waals surface area contributed by atoms with Gasteiger partial charge in [-0.15, -0.1) is 0 Å². The van der Waals surface area contributed by atoms with Crippen LogP contribution in [0.1, 0.15) is 31.1 Å². The normalized spacial score (nSPS) is 12.7. The zero-order valence-corrected chi connectivity index (χ0v) is 9.96. The lowest BCUT2D eigenvalue weighted by Crippen LogP contribution is -2.40. The minimum Gasteiger partial charge on any atom is -0.478 e. The summed E-state index contributed by atoms with van der Waals surface area (Å²) < 4.78 is 30.4. The van der Waals surface area contributed by atoms with Crippen LogP contribution in [-0.2, 0) is 10.0 Å². The molecule has 0 aliphatic rings. The summed E-state index contributed by atoms with van der Waals surface area (Å²) in [5.74, 6) is -1.24. The molecule has 0 aromatic carbocycles. The van der Waals surface area contributed by atoms with Gasteiger partial charge in [0.25, 0.3) is 10.0 Å². The molecular formula is C9H13NO5S. The van der Waals surface area contributed by atoms with Gasteiger partial charge in [-0.1, -0.05) is 0 Å². The summed E-state index contributed by atoms with van der Waals surface area (Å²) >= 11 is 0. The fourth-order valence-electron chi connectivity index (χ4n) is 1.02. The number of carboxylic acids is 1. The van der Waals surface area contributed by atoms with Crippen LogP contribution in [0.4, 0.5) is 0 Å². The molecule has 1 heterocycles. The van der Waals surface area contributed by atoms with Crippen LogP contribution in [0.25, 0.3) is 0 Å². The zero-order valence-electron chi connectivity index (χ0n) is 9.14. The van der Waals surface area contributed by atoms with Gasteiger partial charge in [0.1, 0.15) is 6.26 Å². The monoisotopic (exact) mass is 247 g/mol. The van der Waals surface area contributed by atoms with Crippen molar-refractivity contribution in [2.24, 2.45) is 0 Å². The number of sulfonamides is 1. The van der Waals surface area contributed by atoms with Gasteiger partial charge in [0.05, 0.1) is 5.56 Å². The first-order valence-electron chi connectivity index (χ1n) is 4.48. The minimum atomic E-state index is -3.81. The third-order valence-corrected chi connectivity index (χ3v) is 3.15. The van der Waals surface area contributed by atoms with E-state index in [4.69, 9.17) is 9.52 Å². The molecule has 1 rings (SSSR count). The number of nitrogens with one attached hydrogen (secondary N) is 1. The van der Waals surface area contributed by atoms with E-state index < -0.39 is 26.6 Å². The number of carbonyl (C=O) groups is 1. The van der Waals surface area contributed by atoms with E-state index in [0.29, 0.717) is 0 Å². The number of hydrogen-bond acceptors (Lipinski definition) is 4. The van der Waals surface area contributed by atoms with Gasteiger partial charge < -0.3 is 9.52 Å². The fraction of sp³-hybridized carbons (Fsp3) is 0.444. The summed E-state index contributed by atoms with van der Waals surface area (Å²) in [6.45, 7) is 5.02. The number of carboxylic acid groups (broad SMARTS) is 1. The maximum Gasteiger partial charge on any atom is 0.339 e. The smallest absolute Gasteiger partial charge is 0.339 e. The Morgan fingerprint density at radius 1 is 1.44 bits per heavy atom. The molecule has 0 fully saturated rings. The maximum absolute atomic E-state index is 11.7. The predicted octanol–water partition coefficient (Wildman–Crippen LogP) is 1.05. The summed E-state index contributed by atoms with van der Waals surface area (Å²) in [4.78, 5) is 10.6. The molecule has 0 saturated heterocycles. The van der Waals surface area contributed by atoms with E-state index in [9.17, 15) is 13.2 Å². The Kier molecular flexibility index (Phi) is 3.11. The largest absolute Gasteiger partial charge is 0.478 e. The van der Waals surface area contributed by atoms with Gasteiger partial charge in [-0.2, -0.15) is 0 Å². The van der Waals surface area contributed by atoms with Crippen LogP contribution < -0.4 is 4.72 Å². The second-order valence-corrected chi connectivity index (χ2v) is 5.93. The molecule has 0 amide bonds. The summed E-state index contributed by atoms with van der Waals surface area (Å²) in [6, 6.07) is 0.969. The Bertz CT molecular complexity index is 494. The van der Waals surface area contributed by atoms with Crippen molar-refractivity contribution in [2.75, 3.05) is 0 Å². The lowest BCUT2D eigenvalue weighted by atomic mass is 10.1. The van der Waals surface area contributed by atoms with E-state index in [1.807, 2.05) is 0 Å². The van der Waals surface area contributed by atoms with Gasteiger partial charge in [0.2, 0.25) is 5.09 Å². The Hall–Kier alpha value is -1.34. The first kappa shape index (κ1) is 12.7. The number of hydrogen-bond donors (Lipinski definition) is 2. The Labute approximate surface area is 93.3 Å². The van der Waals surface area contributed by atoms with Crippen molar-refractivity contribution in [1.82, 2.24) is 4.72 Å². The molecule has 6 nitrogen and oxygen atoms in total. The molecular weight excluding hydrogens is 234 g/mol. The molecule has 0 unspecified atom stereocenters. The average molecular weight is 247 g/mol. The van der Waals surface area contributed by atoms with E-state index in [0.717, 1.165) is 12.3 Å². The molecule has 0 radical (unpaired) electrons. The van der Waals surface area contributed by atoms with E-state index in [1.165, 1.54) is 0 Å². The first-order valence-corrected chi connectivity index (χ1v) is 5.96. The lowest BCUT2D eigenvalue weighted by molar-refractivity contribution is 0.0696. The van der Waals surface area contributed by atoms with Gasteiger partial charge in [-0.05, 0) is 20.8 Å². The SMILES string of the molecule is CC(C)(C)NS(=O)(=O)c1cc(C(=O)O)co1. The van der Waals surface area contributed by atoms with Gasteiger partial charge >= 0.3 is 5.97 Å². The molecule has 1 aromatic heterocycles. The Balaban J connectivity index is 3.04. The summed E-state index contributed by atoms with van der Waals surface area (Å²) in [5.41, 5.74) is -0.857. The van der Waals surface area contributed by atoms with Crippen molar-refractivity contribution in [3.05, 3.63) is 17.9 Å². The van der Waals surface area contributed by atoms with Crippen LogP contribution in [0.15, 0.2) is 21.8 Å². The molecule has 2 N–H and O–H groups in total. The van der Waals surface area contributed by atoms with Gasteiger partial charge in [-0.25, -0.2) is 17.9 Å². The van der Waals surface area contributed by atoms with Crippen LogP contribution in [0.2, 0.25) is 0 Å². The minimum absolute atomic E-state index is 0.200. The fourth-order valence-corrected chi connectivity index (χ4v) is 2.39. The number of rotatable bonds is 3. The van der Waals surface area contributed by atoms with E-state index in [-0.39, 0.29) is 5.56 Å². The Morgan fingerprint density at radius 2 is 2.00 bits per heavy atom. The van der Waals surface area contributed by atoms with E-state index in [2.05, 4.69) is 4.72 Å². The van der Waals surface area contributed by atoms with Crippen LogP contribution >= 0.6 is 0 Å².